The van der Waals surface area contributed by atoms with Gasteiger partial charge < -0.3 is 15.2 Å². The van der Waals surface area contributed by atoms with Gasteiger partial charge in [0.05, 0.1) is 5.92 Å². The molecular weight excluding hydrogens is 325 g/mol. The zero-order valence-electron chi connectivity index (χ0n) is 14.0. The highest BCUT2D eigenvalue weighted by atomic mass is 19.1. The molecular formula is C19H20FNO4. The number of rotatable bonds is 7. The van der Waals surface area contributed by atoms with Crippen LogP contribution in [0, 0.1) is 12.7 Å². The van der Waals surface area contributed by atoms with Crippen LogP contribution in [0.2, 0.25) is 0 Å². The van der Waals surface area contributed by atoms with Crippen LogP contribution >= 0.6 is 0 Å². The molecule has 6 heteroatoms. The van der Waals surface area contributed by atoms with Crippen molar-refractivity contribution in [3.63, 3.8) is 0 Å². The molecule has 0 aliphatic carbocycles. The third-order valence-electron chi connectivity index (χ3n) is 3.75. The molecule has 2 atom stereocenters. The summed E-state index contributed by atoms with van der Waals surface area (Å²) in [7, 11) is 0. The summed E-state index contributed by atoms with van der Waals surface area (Å²) >= 11 is 0. The minimum absolute atomic E-state index is 0.110. The van der Waals surface area contributed by atoms with Gasteiger partial charge in [0.25, 0.3) is 5.91 Å². The summed E-state index contributed by atoms with van der Waals surface area (Å²) in [6, 6.07) is 12.4. The molecule has 0 aliphatic heterocycles. The lowest BCUT2D eigenvalue weighted by Gasteiger charge is -2.17. The average molecular weight is 345 g/mol. The van der Waals surface area contributed by atoms with Gasteiger partial charge in [0.15, 0.2) is 6.10 Å². The second kappa shape index (κ2) is 8.28. The summed E-state index contributed by atoms with van der Waals surface area (Å²) in [4.78, 5) is 23.6. The van der Waals surface area contributed by atoms with Gasteiger partial charge in [-0.1, -0.05) is 29.8 Å². The smallest absolute Gasteiger partial charge is 0.312 e. The van der Waals surface area contributed by atoms with E-state index >= 15 is 0 Å². The van der Waals surface area contributed by atoms with Crippen LogP contribution in [0.5, 0.6) is 5.75 Å². The van der Waals surface area contributed by atoms with Crippen LogP contribution in [0.1, 0.15) is 24.0 Å². The van der Waals surface area contributed by atoms with Gasteiger partial charge in [-0.2, -0.15) is 0 Å². The third kappa shape index (κ3) is 5.31. The summed E-state index contributed by atoms with van der Waals surface area (Å²) < 4.78 is 18.5. The Kier molecular flexibility index (Phi) is 6.11. The van der Waals surface area contributed by atoms with Gasteiger partial charge in [0, 0.05) is 6.54 Å². The van der Waals surface area contributed by atoms with E-state index in [4.69, 9.17) is 4.74 Å². The molecule has 0 bridgehead atoms. The van der Waals surface area contributed by atoms with E-state index in [9.17, 15) is 19.1 Å². The molecule has 0 saturated carbocycles. The maximum absolute atomic E-state index is 13.0. The van der Waals surface area contributed by atoms with E-state index in [2.05, 4.69) is 5.32 Å². The molecule has 0 fully saturated rings. The molecule has 0 saturated heterocycles. The van der Waals surface area contributed by atoms with Crippen LogP contribution in [0.3, 0.4) is 0 Å². The molecule has 0 heterocycles. The fourth-order valence-electron chi connectivity index (χ4n) is 2.26. The fourth-order valence-corrected chi connectivity index (χ4v) is 2.26. The van der Waals surface area contributed by atoms with Gasteiger partial charge in [-0.3, -0.25) is 9.59 Å². The Morgan fingerprint density at radius 1 is 1.12 bits per heavy atom. The minimum Gasteiger partial charge on any atom is -0.481 e. The lowest BCUT2D eigenvalue weighted by atomic mass is 9.99. The molecule has 2 aromatic carbocycles. The Bertz CT molecular complexity index is 728. The Morgan fingerprint density at radius 3 is 2.28 bits per heavy atom. The third-order valence-corrected chi connectivity index (χ3v) is 3.75. The first-order chi connectivity index (χ1) is 11.9. The van der Waals surface area contributed by atoms with Crippen molar-refractivity contribution in [3.8, 4) is 5.75 Å². The fraction of sp³-hybridized carbons (Fsp3) is 0.263. The average Bonchev–Trinajstić information content (AvgIpc) is 2.58. The van der Waals surface area contributed by atoms with Gasteiger partial charge >= 0.3 is 5.97 Å². The van der Waals surface area contributed by atoms with Gasteiger partial charge in [0.1, 0.15) is 11.6 Å². The van der Waals surface area contributed by atoms with Gasteiger partial charge in [-0.25, -0.2) is 4.39 Å². The van der Waals surface area contributed by atoms with Crippen molar-refractivity contribution in [1.29, 1.82) is 0 Å². The zero-order valence-corrected chi connectivity index (χ0v) is 14.0. The number of halogens is 1. The number of hydrogen-bond acceptors (Lipinski definition) is 3. The van der Waals surface area contributed by atoms with Crippen LogP contribution in [-0.2, 0) is 9.59 Å². The topological polar surface area (TPSA) is 75.6 Å². The van der Waals surface area contributed by atoms with E-state index in [1.807, 2.05) is 19.1 Å². The quantitative estimate of drug-likeness (QED) is 0.809. The predicted octanol–water partition coefficient (Wildman–Crippen LogP) is 2.89. The van der Waals surface area contributed by atoms with Gasteiger partial charge in [-0.15, -0.1) is 0 Å². The van der Waals surface area contributed by atoms with Crippen molar-refractivity contribution in [3.05, 3.63) is 65.5 Å². The molecule has 0 spiro atoms. The summed E-state index contributed by atoms with van der Waals surface area (Å²) in [5, 5.41) is 11.9. The first-order valence-corrected chi connectivity index (χ1v) is 7.86. The zero-order chi connectivity index (χ0) is 18.4. The molecule has 2 unspecified atom stereocenters. The van der Waals surface area contributed by atoms with Crippen molar-refractivity contribution in [2.45, 2.75) is 25.9 Å². The molecule has 132 valence electrons. The van der Waals surface area contributed by atoms with E-state index in [1.165, 1.54) is 24.3 Å². The summed E-state index contributed by atoms with van der Waals surface area (Å²) in [5.41, 5.74) is 1.49. The number of aryl methyl sites for hydroxylation is 1. The highest BCUT2D eigenvalue weighted by molar-refractivity contribution is 5.82. The number of nitrogens with one attached hydrogen (secondary N) is 1. The van der Waals surface area contributed by atoms with Crippen LogP contribution in [0.15, 0.2) is 48.5 Å². The molecule has 1 amide bonds. The van der Waals surface area contributed by atoms with Crippen LogP contribution in [0.4, 0.5) is 4.39 Å². The highest BCUT2D eigenvalue weighted by Crippen LogP contribution is 2.17. The maximum atomic E-state index is 13.0. The molecule has 0 radical (unpaired) electrons. The molecule has 25 heavy (non-hydrogen) atoms. The van der Waals surface area contributed by atoms with Crippen LogP contribution in [-0.4, -0.2) is 29.6 Å². The van der Waals surface area contributed by atoms with Crippen LogP contribution in [0.25, 0.3) is 0 Å². The number of carbonyl (C=O) groups excluding carboxylic acids is 1. The molecule has 0 aliphatic rings. The Hall–Kier alpha value is -2.89. The van der Waals surface area contributed by atoms with E-state index in [0.717, 1.165) is 5.56 Å². The number of benzene rings is 2. The molecule has 0 aromatic heterocycles. The normalized spacial score (nSPS) is 12.9. The number of carboxylic acids is 1. The lowest BCUT2D eigenvalue weighted by Crippen LogP contribution is -2.39. The SMILES string of the molecule is Cc1ccc(OC(C)C(=O)NCC(C(=O)O)c2ccc(F)cc2)cc1. The second-order valence-corrected chi connectivity index (χ2v) is 5.76. The van der Waals surface area contributed by atoms with Gasteiger partial charge in [-0.05, 0) is 43.7 Å². The molecule has 2 aromatic rings. The standard InChI is InChI=1S/C19H20FNO4/c1-12-3-9-16(10-4-12)25-13(2)18(22)21-11-17(19(23)24)14-5-7-15(20)8-6-14/h3-10,13,17H,11H2,1-2H3,(H,21,22)(H,23,24). The largest absolute Gasteiger partial charge is 0.481 e. The molecule has 5 nitrogen and oxygen atoms in total. The number of carbonyl (C=O) groups is 2. The number of amides is 1. The van der Waals surface area contributed by atoms with E-state index < -0.39 is 29.7 Å². The highest BCUT2D eigenvalue weighted by Gasteiger charge is 2.22. The minimum atomic E-state index is -1.10. The first kappa shape index (κ1) is 18.4. The van der Waals surface area contributed by atoms with Crippen molar-refractivity contribution >= 4 is 11.9 Å². The monoisotopic (exact) mass is 345 g/mol. The second-order valence-electron chi connectivity index (χ2n) is 5.76. The van der Waals surface area contributed by atoms with Crippen molar-refractivity contribution in [1.82, 2.24) is 5.32 Å². The maximum Gasteiger partial charge on any atom is 0.312 e. The Morgan fingerprint density at radius 2 is 1.72 bits per heavy atom. The first-order valence-electron chi connectivity index (χ1n) is 7.86. The number of carboxylic acid groups (broad SMARTS) is 1. The van der Waals surface area contributed by atoms with Crippen molar-refractivity contribution in [2.24, 2.45) is 0 Å². The van der Waals surface area contributed by atoms with Crippen LogP contribution < -0.4 is 10.1 Å². The number of hydrogen-bond donors (Lipinski definition) is 2. The number of ether oxygens (including phenoxy) is 1. The number of aliphatic carboxylic acids is 1. The molecule has 2 N–H and O–H groups in total. The summed E-state index contributed by atoms with van der Waals surface area (Å²) in [6.45, 7) is 3.42. The van der Waals surface area contributed by atoms with E-state index in [0.29, 0.717) is 11.3 Å². The Balaban J connectivity index is 1.94. The lowest BCUT2D eigenvalue weighted by molar-refractivity contribution is -0.138. The van der Waals surface area contributed by atoms with E-state index in [-0.39, 0.29) is 6.54 Å². The predicted molar refractivity (Wildman–Crippen MR) is 91.1 cm³/mol. The Labute approximate surface area is 145 Å². The van der Waals surface area contributed by atoms with Crippen molar-refractivity contribution in [2.75, 3.05) is 6.54 Å². The summed E-state index contributed by atoms with van der Waals surface area (Å²) in [5.74, 6) is -2.37. The van der Waals surface area contributed by atoms with E-state index in [1.54, 1.807) is 19.1 Å². The van der Waals surface area contributed by atoms with Crippen molar-refractivity contribution < 1.29 is 23.8 Å². The van der Waals surface area contributed by atoms with Gasteiger partial charge in [0.2, 0.25) is 0 Å². The summed E-state index contributed by atoms with van der Waals surface area (Å²) in [6.07, 6.45) is -0.773. The molecule has 2 rings (SSSR count).